The summed E-state index contributed by atoms with van der Waals surface area (Å²) in [5, 5.41) is 5.65. The van der Waals surface area contributed by atoms with Crippen molar-refractivity contribution in [2.24, 2.45) is 0 Å². The molecule has 22 heavy (non-hydrogen) atoms. The predicted molar refractivity (Wildman–Crippen MR) is 82.9 cm³/mol. The van der Waals surface area contributed by atoms with Crippen LogP contribution in [0.5, 0.6) is 0 Å². The first kappa shape index (κ1) is 14.0. The van der Waals surface area contributed by atoms with Crippen molar-refractivity contribution in [2.75, 3.05) is 7.11 Å². The van der Waals surface area contributed by atoms with E-state index >= 15 is 0 Å². The van der Waals surface area contributed by atoms with Gasteiger partial charge in [0.2, 0.25) is 0 Å². The highest BCUT2D eigenvalue weighted by Gasteiger charge is 2.07. The molecule has 0 saturated heterocycles. The van der Waals surface area contributed by atoms with E-state index in [2.05, 4.69) is 9.84 Å². The molecule has 1 aromatic heterocycles. The molecule has 0 aliphatic carbocycles. The third kappa shape index (κ3) is 2.61. The molecule has 0 aliphatic rings. The molecule has 0 saturated carbocycles. The van der Waals surface area contributed by atoms with Gasteiger partial charge < -0.3 is 4.74 Å². The Hall–Kier alpha value is -2.95. The molecular weight excluding hydrogens is 280 g/mol. The fraction of sp³-hybridized carbons (Fsp3) is 0.118. The number of carbonyl (C=O) groups is 1. The third-order valence-electron chi connectivity index (χ3n) is 3.47. The van der Waals surface area contributed by atoms with Crippen LogP contribution in [0.1, 0.15) is 15.9 Å². The van der Waals surface area contributed by atoms with Gasteiger partial charge in [-0.3, -0.25) is 4.79 Å². The van der Waals surface area contributed by atoms with Crippen molar-refractivity contribution in [3.8, 4) is 0 Å². The lowest BCUT2D eigenvalue weighted by Crippen LogP contribution is -2.23. The molecule has 5 nitrogen and oxygen atoms in total. The Labute approximate surface area is 126 Å². The van der Waals surface area contributed by atoms with Crippen molar-refractivity contribution < 1.29 is 9.53 Å². The molecule has 0 aliphatic heterocycles. The van der Waals surface area contributed by atoms with Crippen LogP contribution in [0, 0.1) is 0 Å². The zero-order chi connectivity index (χ0) is 15.5. The number of rotatable bonds is 3. The molecule has 0 N–H and O–H groups in total. The molecule has 0 spiro atoms. The largest absolute Gasteiger partial charge is 0.465 e. The average molecular weight is 294 g/mol. The Kier molecular flexibility index (Phi) is 3.70. The van der Waals surface area contributed by atoms with Gasteiger partial charge in [-0.15, -0.1) is 0 Å². The molecule has 0 atom stereocenters. The minimum atomic E-state index is -0.382. The summed E-state index contributed by atoms with van der Waals surface area (Å²) in [5.41, 5.74) is 1.23. The molecule has 2 aromatic carbocycles. The van der Waals surface area contributed by atoms with Crippen molar-refractivity contribution >= 4 is 16.7 Å². The summed E-state index contributed by atoms with van der Waals surface area (Å²) in [7, 11) is 1.34. The fourth-order valence-corrected chi connectivity index (χ4v) is 2.28. The summed E-state index contributed by atoms with van der Waals surface area (Å²) >= 11 is 0. The molecule has 1 heterocycles. The Bertz CT molecular complexity index is 882. The first-order valence-corrected chi connectivity index (χ1v) is 6.81. The lowest BCUT2D eigenvalue weighted by atomic mass is 10.1. The topological polar surface area (TPSA) is 61.2 Å². The third-order valence-corrected chi connectivity index (χ3v) is 3.47. The summed E-state index contributed by atoms with van der Waals surface area (Å²) in [5.74, 6) is -0.382. The Morgan fingerprint density at radius 1 is 1.14 bits per heavy atom. The van der Waals surface area contributed by atoms with Crippen LogP contribution < -0.4 is 5.56 Å². The van der Waals surface area contributed by atoms with E-state index in [9.17, 15) is 9.59 Å². The Morgan fingerprint density at radius 2 is 1.86 bits per heavy atom. The van der Waals surface area contributed by atoms with Gasteiger partial charge >= 0.3 is 5.97 Å². The zero-order valence-electron chi connectivity index (χ0n) is 12.0. The van der Waals surface area contributed by atoms with Gasteiger partial charge in [-0.2, -0.15) is 5.10 Å². The van der Waals surface area contributed by atoms with Crippen molar-refractivity contribution in [3.05, 3.63) is 76.2 Å². The molecule has 0 fully saturated rings. The maximum Gasteiger partial charge on any atom is 0.337 e. The molecule has 3 aromatic rings. The van der Waals surface area contributed by atoms with Gasteiger partial charge in [0.05, 0.1) is 30.8 Å². The minimum absolute atomic E-state index is 0.129. The van der Waals surface area contributed by atoms with Gasteiger partial charge in [0.15, 0.2) is 0 Å². The van der Waals surface area contributed by atoms with Gasteiger partial charge in [0, 0.05) is 5.39 Å². The molecular formula is C17H14N2O3. The maximum atomic E-state index is 12.4. The molecule has 0 bridgehead atoms. The normalized spacial score (nSPS) is 10.6. The van der Waals surface area contributed by atoms with E-state index in [-0.39, 0.29) is 11.5 Å². The lowest BCUT2D eigenvalue weighted by Gasteiger charge is -2.07. The van der Waals surface area contributed by atoms with Gasteiger partial charge in [0.1, 0.15) is 0 Å². The zero-order valence-corrected chi connectivity index (χ0v) is 12.0. The number of carbonyl (C=O) groups excluding carboxylic acids is 1. The number of ether oxygens (including phenoxy) is 1. The highest BCUT2D eigenvalue weighted by Crippen LogP contribution is 2.09. The second-order valence-corrected chi connectivity index (χ2v) is 4.88. The van der Waals surface area contributed by atoms with Crippen LogP contribution in [0.25, 0.3) is 10.8 Å². The number of esters is 1. The van der Waals surface area contributed by atoms with Crippen molar-refractivity contribution in [1.29, 1.82) is 0 Å². The van der Waals surface area contributed by atoms with E-state index in [4.69, 9.17) is 0 Å². The van der Waals surface area contributed by atoms with Crippen molar-refractivity contribution in [2.45, 2.75) is 6.54 Å². The molecule has 0 radical (unpaired) electrons. The standard InChI is InChI=1S/C17H14N2O3/c1-22-17(21)13-8-6-12(7-9-13)11-19-16(20)15-5-3-2-4-14(15)10-18-19/h2-10H,11H2,1H3. The monoisotopic (exact) mass is 294 g/mol. The Balaban J connectivity index is 1.92. The van der Waals surface area contributed by atoms with Crippen molar-refractivity contribution in [3.63, 3.8) is 0 Å². The van der Waals surface area contributed by atoms with Crippen LogP contribution in [-0.2, 0) is 11.3 Å². The summed E-state index contributed by atoms with van der Waals surface area (Å²) in [6.45, 7) is 0.352. The van der Waals surface area contributed by atoms with E-state index in [1.807, 2.05) is 18.2 Å². The molecule has 5 heteroatoms. The van der Waals surface area contributed by atoms with Crippen LogP contribution >= 0.6 is 0 Å². The molecule has 0 amide bonds. The number of hydrogen-bond donors (Lipinski definition) is 0. The van der Waals surface area contributed by atoms with E-state index in [1.54, 1.807) is 36.5 Å². The number of methoxy groups -OCH3 is 1. The molecule has 110 valence electrons. The SMILES string of the molecule is COC(=O)c1ccc(Cn2ncc3ccccc3c2=O)cc1. The molecule has 0 unspecified atom stereocenters. The van der Waals surface area contributed by atoms with Crippen molar-refractivity contribution in [1.82, 2.24) is 9.78 Å². The minimum Gasteiger partial charge on any atom is -0.465 e. The number of aromatic nitrogens is 2. The molecule has 3 rings (SSSR count). The summed E-state index contributed by atoms with van der Waals surface area (Å²) in [6.07, 6.45) is 1.68. The van der Waals surface area contributed by atoms with E-state index in [1.165, 1.54) is 11.8 Å². The first-order valence-electron chi connectivity index (χ1n) is 6.81. The fourth-order valence-electron chi connectivity index (χ4n) is 2.28. The summed E-state index contributed by atoms with van der Waals surface area (Å²) < 4.78 is 6.07. The quantitative estimate of drug-likeness (QED) is 0.695. The van der Waals surface area contributed by atoms with E-state index in [0.717, 1.165) is 10.9 Å². The number of hydrogen-bond acceptors (Lipinski definition) is 4. The predicted octanol–water partition coefficient (Wildman–Crippen LogP) is 2.23. The van der Waals surface area contributed by atoms with E-state index in [0.29, 0.717) is 17.5 Å². The summed E-state index contributed by atoms with van der Waals surface area (Å²) in [6, 6.07) is 14.3. The smallest absolute Gasteiger partial charge is 0.337 e. The van der Waals surface area contributed by atoms with Gasteiger partial charge in [-0.25, -0.2) is 9.48 Å². The number of benzene rings is 2. The average Bonchev–Trinajstić information content (AvgIpc) is 2.57. The van der Waals surface area contributed by atoms with E-state index < -0.39 is 0 Å². The van der Waals surface area contributed by atoms with Crippen LogP contribution in [0.15, 0.2) is 59.5 Å². The lowest BCUT2D eigenvalue weighted by molar-refractivity contribution is 0.0600. The second-order valence-electron chi connectivity index (χ2n) is 4.88. The van der Waals surface area contributed by atoms with Gasteiger partial charge in [-0.05, 0) is 23.8 Å². The Morgan fingerprint density at radius 3 is 2.59 bits per heavy atom. The first-order chi connectivity index (χ1) is 10.7. The summed E-state index contributed by atoms with van der Waals surface area (Å²) in [4.78, 5) is 23.8. The van der Waals surface area contributed by atoms with Crippen LogP contribution in [0.3, 0.4) is 0 Å². The maximum absolute atomic E-state index is 12.4. The number of nitrogens with zero attached hydrogens (tertiary/aromatic N) is 2. The number of fused-ring (bicyclic) bond motifs is 1. The van der Waals surface area contributed by atoms with Crippen LogP contribution in [-0.4, -0.2) is 22.9 Å². The van der Waals surface area contributed by atoms with Crippen LogP contribution in [0.4, 0.5) is 0 Å². The second kappa shape index (κ2) is 5.81. The highest BCUT2D eigenvalue weighted by molar-refractivity contribution is 5.89. The van der Waals surface area contributed by atoms with Crippen LogP contribution in [0.2, 0.25) is 0 Å². The highest BCUT2D eigenvalue weighted by atomic mass is 16.5. The van der Waals surface area contributed by atoms with Gasteiger partial charge in [-0.1, -0.05) is 30.3 Å². The van der Waals surface area contributed by atoms with Gasteiger partial charge in [0.25, 0.3) is 5.56 Å².